The van der Waals surface area contributed by atoms with Crippen LogP contribution in [0.1, 0.15) is 27.2 Å². The Morgan fingerprint density at radius 3 is 2.77 bits per heavy atom. The molecule has 152 valence electrons. The van der Waals surface area contributed by atoms with Crippen molar-refractivity contribution < 1.29 is 19.1 Å². The number of anilines is 1. The second-order valence-electron chi connectivity index (χ2n) is 6.40. The van der Waals surface area contributed by atoms with Gasteiger partial charge in [0.15, 0.2) is 0 Å². The normalized spacial score (nSPS) is 10.6. The average Bonchev–Trinajstić information content (AvgIpc) is 2.77. The quantitative estimate of drug-likeness (QED) is 0.477. The van der Waals surface area contributed by atoms with Crippen LogP contribution in [0.15, 0.2) is 67.1 Å². The topological polar surface area (TPSA) is 90.4 Å². The van der Waals surface area contributed by atoms with Gasteiger partial charge in [-0.15, -0.1) is 0 Å². The molecule has 0 aliphatic heterocycles. The first-order valence-electron chi connectivity index (χ1n) is 9.21. The molecule has 0 spiro atoms. The molecule has 0 atom stereocenters. The molecule has 7 nitrogen and oxygen atoms in total. The van der Waals surface area contributed by atoms with Gasteiger partial charge >= 0.3 is 5.97 Å². The zero-order valence-electron chi connectivity index (χ0n) is 16.7. The van der Waals surface area contributed by atoms with Crippen molar-refractivity contribution in [3.05, 3.63) is 89.5 Å². The maximum absolute atomic E-state index is 12.2. The first-order chi connectivity index (χ1) is 14.5. The van der Waals surface area contributed by atoms with Crippen molar-refractivity contribution >= 4 is 23.6 Å². The summed E-state index contributed by atoms with van der Waals surface area (Å²) in [5, 5.41) is 2.79. The maximum Gasteiger partial charge on any atom is 0.341 e. The number of nitrogens with zero attached hydrogens (tertiary/aromatic N) is 2. The molecule has 0 fully saturated rings. The van der Waals surface area contributed by atoms with E-state index in [0.29, 0.717) is 16.9 Å². The molecule has 0 saturated carbocycles. The monoisotopic (exact) mass is 403 g/mol. The minimum atomic E-state index is -0.497. The molecular weight excluding hydrogens is 382 g/mol. The highest BCUT2D eigenvalue weighted by Crippen LogP contribution is 2.15. The number of ether oxygens (including phenoxy) is 2. The summed E-state index contributed by atoms with van der Waals surface area (Å²) in [6, 6.07) is 14.5. The number of aromatic nitrogens is 2. The number of benzene rings is 2. The average molecular weight is 403 g/mol. The number of rotatable bonds is 7. The van der Waals surface area contributed by atoms with E-state index in [0.717, 1.165) is 16.9 Å². The van der Waals surface area contributed by atoms with E-state index >= 15 is 0 Å². The highest BCUT2D eigenvalue weighted by molar-refractivity contribution is 6.02. The van der Waals surface area contributed by atoms with Crippen LogP contribution in [-0.4, -0.2) is 29.0 Å². The molecule has 30 heavy (non-hydrogen) atoms. The van der Waals surface area contributed by atoms with Crippen LogP contribution in [0.5, 0.6) is 5.75 Å². The number of aryl methyl sites for hydroxylation is 1. The number of carbonyl (C=O) groups is 2. The third kappa shape index (κ3) is 5.75. The molecule has 2 aromatic carbocycles. The van der Waals surface area contributed by atoms with Gasteiger partial charge < -0.3 is 14.8 Å². The minimum Gasteiger partial charge on any atom is -0.497 e. The number of esters is 1. The number of hydrogen-bond donors (Lipinski definition) is 1. The lowest BCUT2D eigenvalue weighted by Crippen LogP contribution is -2.10. The summed E-state index contributed by atoms with van der Waals surface area (Å²) in [6.45, 7) is 1.78. The lowest BCUT2D eigenvalue weighted by molar-refractivity contribution is -0.111. The van der Waals surface area contributed by atoms with Crippen molar-refractivity contribution in [3.8, 4) is 5.75 Å². The van der Waals surface area contributed by atoms with E-state index in [2.05, 4.69) is 15.3 Å². The largest absolute Gasteiger partial charge is 0.497 e. The molecule has 0 saturated heterocycles. The van der Waals surface area contributed by atoms with Crippen molar-refractivity contribution in [2.24, 2.45) is 0 Å². The van der Waals surface area contributed by atoms with E-state index in [1.807, 2.05) is 30.3 Å². The predicted molar refractivity (Wildman–Crippen MR) is 113 cm³/mol. The summed E-state index contributed by atoms with van der Waals surface area (Å²) >= 11 is 0. The van der Waals surface area contributed by atoms with Crippen LogP contribution in [0, 0.1) is 6.92 Å². The van der Waals surface area contributed by atoms with Gasteiger partial charge in [0, 0.05) is 18.0 Å². The fourth-order valence-corrected chi connectivity index (χ4v) is 2.66. The summed E-state index contributed by atoms with van der Waals surface area (Å²) < 4.78 is 10.5. The van der Waals surface area contributed by atoms with Gasteiger partial charge in [-0.25, -0.2) is 14.8 Å². The summed E-state index contributed by atoms with van der Waals surface area (Å²) in [4.78, 5) is 32.2. The van der Waals surface area contributed by atoms with E-state index in [-0.39, 0.29) is 12.5 Å². The number of carbonyl (C=O) groups excluding carboxylic acids is 2. The standard InChI is InChI=1S/C23H21N3O4/c1-16-21(13-24-15-25-16)23(28)30-14-18-6-3-7-19(11-18)26-22(27)10-9-17-5-4-8-20(12-17)29-2/h3-13,15H,14H2,1-2H3,(H,26,27)/b10-9+. The summed E-state index contributed by atoms with van der Waals surface area (Å²) in [6.07, 6.45) is 5.95. The van der Waals surface area contributed by atoms with Gasteiger partial charge in [0.2, 0.25) is 5.91 Å². The maximum atomic E-state index is 12.2. The van der Waals surface area contributed by atoms with E-state index < -0.39 is 5.97 Å². The van der Waals surface area contributed by atoms with Crippen LogP contribution in [-0.2, 0) is 16.1 Å². The van der Waals surface area contributed by atoms with Crippen molar-refractivity contribution in [2.75, 3.05) is 12.4 Å². The zero-order valence-corrected chi connectivity index (χ0v) is 16.7. The summed E-state index contributed by atoms with van der Waals surface area (Å²) in [7, 11) is 1.59. The molecule has 0 unspecified atom stereocenters. The van der Waals surface area contributed by atoms with Crippen LogP contribution < -0.4 is 10.1 Å². The van der Waals surface area contributed by atoms with E-state index in [1.54, 1.807) is 38.3 Å². The van der Waals surface area contributed by atoms with Crippen molar-refractivity contribution in [2.45, 2.75) is 13.5 Å². The Labute approximate surface area is 174 Å². The van der Waals surface area contributed by atoms with Crippen LogP contribution in [0.25, 0.3) is 6.08 Å². The fraction of sp³-hybridized carbons (Fsp3) is 0.130. The van der Waals surface area contributed by atoms with Crippen LogP contribution in [0.2, 0.25) is 0 Å². The molecule has 3 aromatic rings. The van der Waals surface area contributed by atoms with Crippen molar-refractivity contribution in [1.29, 1.82) is 0 Å². The molecule has 7 heteroatoms. The highest BCUT2D eigenvalue weighted by Gasteiger charge is 2.11. The second kappa shape index (κ2) is 9.97. The van der Waals surface area contributed by atoms with E-state index in [1.165, 1.54) is 18.6 Å². The molecule has 1 aromatic heterocycles. The molecule has 1 heterocycles. The van der Waals surface area contributed by atoms with Gasteiger partial charge in [0.25, 0.3) is 0 Å². The lowest BCUT2D eigenvalue weighted by Gasteiger charge is -2.08. The zero-order chi connectivity index (χ0) is 21.3. The van der Waals surface area contributed by atoms with Gasteiger partial charge in [0.05, 0.1) is 18.4 Å². The van der Waals surface area contributed by atoms with Gasteiger partial charge in [-0.2, -0.15) is 0 Å². The molecule has 0 radical (unpaired) electrons. The molecule has 0 bridgehead atoms. The first-order valence-corrected chi connectivity index (χ1v) is 9.21. The summed E-state index contributed by atoms with van der Waals surface area (Å²) in [5.41, 5.74) is 3.07. The number of amides is 1. The second-order valence-corrected chi connectivity index (χ2v) is 6.40. The van der Waals surface area contributed by atoms with Gasteiger partial charge in [0.1, 0.15) is 18.7 Å². The molecule has 3 rings (SSSR count). The predicted octanol–water partition coefficient (Wildman–Crippen LogP) is 3.80. The smallest absolute Gasteiger partial charge is 0.341 e. The van der Waals surface area contributed by atoms with Crippen molar-refractivity contribution in [1.82, 2.24) is 9.97 Å². The highest BCUT2D eigenvalue weighted by atomic mass is 16.5. The van der Waals surface area contributed by atoms with Crippen LogP contribution in [0.3, 0.4) is 0 Å². The van der Waals surface area contributed by atoms with Crippen LogP contribution >= 0.6 is 0 Å². The van der Waals surface area contributed by atoms with E-state index in [4.69, 9.17) is 9.47 Å². The fourth-order valence-electron chi connectivity index (χ4n) is 2.66. The minimum absolute atomic E-state index is 0.0660. The molecule has 1 amide bonds. The Balaban J connectivity index is 1.58. The van der Waals surface area contributed by atoms with Gasteiger partial charge in [-0.05, 0) is 48.4 Å². The van der Waals surface area contributed by atoms with Crippen molar-refractivity contribution in [3.63, 3.8) is 0 Å². The number of methoxy groups -OCH3 is 1. The Hall–Kier alpha value is -4.00. The van der Waals surface area contributed by atoms with Gasteiger partial charge in [-0.3, -0.25) is 4.79 Å². The molecule has 1 N–H and O–H groups in total. The molecular formula is C23H21N3O4. The molecule has 0 aliphatic carbocycles. The van der Waals surface area contributed by atoms with Crippen LogP contribution in [0.4, 0.5) is 5.69 Å². The SMILES string of the molecule is COc1cccc(/C=C/C(=O)Nc2cccc(COC(=O)c3cncnc3C)c2)c1. The Bertz CT molecular complexity index is 1080. The lowest BCUT2D eigenvalue weighted by atomic mass is 10.2. The summed E-state index contributed by atoms with van der Waals surface area (Å²) in [5.74, 6) is -0.0511. The number of nitrogens with one attached hydrogen (secondary N) is 1. The Morgan fingerprint density at radius 2 is 1.97 bits per heavy atom. The van der Waals surface area contributed by atoms with Gasteiger partial charge in [-0.1, -0.05) is 24.3 Å². The number of hydrogen-bond acceptors (Lipinski definition) is 6. The van der Waals surface area contributed by atoms with E-state index in [9.17, 15) is 9.59 Å². The molecule has 0 aliphatic rings. The Kier molecular flexibility index (Phi) is 6.89. The third-order valence-corrected chi connectivity index (χ3v) is 4.22. The first kappa shape index (κ1) is 20.7. The Morgan fingerprint density at radius 1 is 1.13 bits per heavy atom. The third-order valence-electron chi connectivity index (χ3n) is 4.22.